The lowest BCUT2D eigenvalue weighted by molar-refractivity contribution is 0.0766. The van der Waals surface area contributed by atoms with Crippen LogP contribution in [0, 0.1) is 0 Å². The fourth-order valence-corrected chi connectivity index (χ4v) is 3.10. The summed E-state index contributed by atoms with van der Waals surface area (Å²) in [6.07, 6.45) is 3.92. The van der Waals surface area contributed by atoms with Crippen LogP contribution in [0.5, 0.6) is 0 Å². The maximum Gasteiger partial charge on any atom is 0.254 e. The number of hydrazine groups is 1. The first-order valence-corrected chi connectivity index (χ1v) is 9.30. The monoisotopic (exact) mass is 397 g/mol. The lowest BCUT2D eigenvalue weighted by Gasteiger charge is -2.29. The summed E-state index contributed by atoms with van der Waals surface area (Å²) in [5.74, 6) is 0.0134. The van der Waals surface area contributed by atoms with Gasteiger partial charge in [0.15, 0.2) is 0 Å². The molecular weight excluding hydrogens is 374 g/mol. The molecule has 1 aromatic heterocycles. The maximum atomic E-state index is 11.8. The maximum absolute atomic E-state index is 11.8. The number of rotatable bonds is 6. The minimum Gasteiger partial charge on any atom is -0.379 e. The third-order valence-electron chi connectivity index (χ3n) is 4.66. The molecule has 2 aliphatic rings. The number of carbonyl (C=O) groups is 1. The Morgan fingerprint density at radius 2 is 2.28 bits per heavy atom. The number of nitrogens with zero attached hydrogens (tertiary/aromatic N) is 4. The average molecular weight is 397 g/mol. The van der Waals surface area contributed by atoms with Gasteiger partial charge < -0.3 is 26.8 Å². The van der Waals surface area contributed by atoms with E-state index in [-0.39, 0.29) is 17.6 Å². The Bertz CT molecular complexity index is 920. The minimum absolute atomic E-state index is 0.0650. The molecule has 29 heavy (non-hydrogen) atoms. The molecule has 0 aliphatic carbocycles. The van der Waals surface area contributed by atoms with Crippen LogP contribution in [0.15, 0.2) is 35.6 Å². The largest absolute Gasteiger partial charge is 0.379 e. The van der Waals surface area contributed by atoms with E-state index in [1.807, 2.05) is 24.3 Å². The first-order chi connectivity index (χ1) is 14.1. The quantitative estimate of drug-likeness (QED) is 0.458. The van der Waals surface area contributed by atoms with Gasteiger partial charge in [-0.2, -0.15) is 15.2 Å². The van der Waals surface area contributed by atoms with E-state index in [9.17, 15) is 4.79 Å². The topological polar surface area (TPSA) is 156 Å². The summed E-state index contributed by atoms with van der Waals surface area (Å²) >= 11 is 0. The van der Waals surface area contributed by atoms with E-state index >= 15 is 0 Å². The van der Waals surface area contributed by atoms with Crippen LogP contribution in [0.2, 0.25) is 0 Å². The minimum atomic E-state index is -0.626. The molecule has 11 nitrogen and oxygen atoms in total. The molecule has 1 amide bonds. The number of nitrogens with two attached hydrogens (primary N) is 2. The first-order valence-electron chi connectivity index (χ1n) is 9.30. The number of nitrogens with one attached hydrogen (secondary N) is 3. The van der Waals surface area contributed by atoms with E-state index in [4.69, 9.17) is 16.2 Å². The van der Waals surface area contributed by atoms with Gasteiger partial charge in [0.05, 0.1) is 24.9 Å². The van der Waals surface area contributed by atoms with Gasteiger partial charge in [0, 0.05) is 30.7 Å². The third kappa shape index (κ3) is 4.42. The predicted molar refractivity (Wildman–Crippen MR) is 110 cm³/mol. The highest BCUT2D eigenvalue weighted by Gasteiger charge is 2.23. The van der Waals surface area contributed by atoms with Gasteiger partial charge in [-0.05, 0) is 24.6 Å². The van der Waals surface area contributed by atoms with E-state index < -0.39 is 5.91 Å². The highest BCUT2D eigenvalue weighted by atomic mass is 16.5. The van der Waals surface area contributed by atoms with Crippen molar-refractivity contribution >= 4 is 35.3 Å². The van der Waals surface area contributed by atoms with Crippen molar-refractivity contribution in [3.05, 3.63) is 36.0 Å². The predicted octanol–water partition coefficient (Wildman–Crippen LogP) is 0.158. The van der Waals surface area contributed by atoms with Crippen molar-refractivity contribution in [2.75, 3.05) is 35.5 Å². The molecule has 4 rings (SSSR count). The Hall–Kier alpha value is -3.28. The standard InChI is InChI=1S/C18H23N9O2/c19-14-4-7-29-10-15(14)25-18-21-9-13(16(20)28)17(26-18)24-11-2-1-3-12(8-11)27-22-5-6-23-27/h1-3,5,8-9,14-15,23H,4,6-7,10,19H2,(H2,20,28)(H2,21,24,25,26)/t14-,15+/m1/s1. The number of benzene rings is 1. The molecule has 0 saturated carbocycles. The fraction of sp³-hybridized carbons (Fsp3) is 0.333. The number of aromatic nitrogens is 2. The molecular formula is C18H23N9O2. The van der Waals surface area contributed by atoms with Crippen LogP contribution in [0.1, 0.15) is 16.8 Å². The van der Waals surface area contributed by atoms with Crippen molar-refractivity contribution in [2.45, 2.75) is 18.5 Å². The van der Waals surface area contributed by atoms with Crippen LogP contribution in [0.25, 0.3) is 0 Å². The molecule has 1 fully saturated rings. The molecule has 0 unspecified atom stereocenters. The summed E-state index contributed by atoms with van der Waals surface area (Å²) in [6, 6.07) is 7.33. The van der Waals surface area contributed by atoms with Crippen molar-refractivity contribution < 1.29 is 9.53 Å². The van der Waals surface area contributed by atoms with E-state index in [2.05, 4.69) is 31.1 Å². The second-order valence-electron chi connectivity index (χ2n) is 6.75. The van der Waals surface area contributed by atoms with Crippen molar-refractivity contribution in [3.8, 4) is 0 Å². The number of amides is 1. The lowest BCUT2D eigenvalue weighted by atomic mass is 10.1. The molecule has 0 spiro atoms. The van der Waals surface area contributed by atoms with Gasteiger partial charge in [0.25, 0.3) is 5.91 Å². The Balaban J connectivity index is 1.57. The van der Waals surface area contributed by atoms with Crippen LogP contribution in [-0.2, 0) is 4.74 Å². The van der Waals surface area contributed by atoms with Crippen LogP contribution in [0.3, 0.4) is 0 Å². The number of anilines is 4. The van der Waals surface area contributed by atoms with Gasteiger partial charge in [0.2, 0.25) is 5.95 Å². The summed E-state index contributed by atoms with van der Waals surface area (Å²) in [5.41, 5.74) is 16.5. The number of ether oxygens (including phenoxy) is 1. The smallest absolute Gasteiger partial charge is 0.254 e. The van der Waals surface area contributed by atoms with Gasteiger partial charge >= 0.3 is 0 Å². The number of primary amides is 1. The summed E-state index contributed by atoms with van der Waals surface area (Å²) < 4.78 is 5.46. The first kappa shape index (κ1) is 19.1. The zero-order valence-electron chi connectivity index (χ0n) is 15.7. The highest BCUT2D eigenvalue weighted by molar-refractivity contribution is 5.98. The third-order valence-corrected chi connectivity index (χ3v) is 4.66. The Kier molecular flexibility index (Phi) is 5.51. The van der Waals surface area contributed by atoms with Crippen molar-refractivity contribution in [1.29, 1.82) is 0 Å². The average Bonchev–Trinajstić information content (AvgIpc) is 3.25. The summed E-state index contributed by atoms with van der Waals surface area (Å²) in [6.45, 7) is 1.77. The molecule has 11 heteroatoms. The van der Waals surface area contributed by atoms with Gasteiger partial charge in [-0.15, -0.1) is 0 Å². The van der Waals surface area contributed by atoms with Crippen molar-refractivity contribution in [2.24, 2.45) is 16.6 Å². The summed E-state index contributed by atoms with van der Waals surface area (Å²) in [7, 11) is 0. The Labute approximate surface area is 167 Å². The molecule has 1 saturated heterocycles. The zero-order chi connectivity index (χ0) is 20.2. The molecule has 2 atom stereocenters. The van der Waals surface area contributed by atoms with Gasteiger partial charge in [-0.3, -0.25) is 4.79 Å². The van der Waals surface area contributed by atoms with Gasteiger partial charge in [-0.25, -0.2) is 10.4 Å². The van der Waals surface area contributed by atoms with Crippen LogP contribution < -0.4 is 32.6 Å². The second kappa shape index (κ2) is 8.39. The molecule has 3 heterocycles. The SMILES string of the molecule is NC(=O)c1cnc(N[C@H]2COCC[C@H]2N)nc1Nc1cccc(N2N=CCN2)c1. The van der Waals surface area contributed by atoms with Gasteiger partial charge in [0.1, 0.15) is 11.4 Å². The fourth-order valence-electron chi connectivity index (χ4n) is 3.10. The van der Waals surface area contributed by atoms with E-state index in [0.29, 0.717) is 31.5 Å². The van der Waals surface area contributed by atoms with Crippen molar-refractivity contribution in [1.82, 2.24) is 15.4 Å². The summed E-state index contributed by atoms with van der Waals surface area (Å²) in [4.78, 5) is 20.5. The number of hydrogen-bond donors (Lipinski definition) is 5. The number of carbonyl (C=O) groups excluding carboxylic acids is 1. The number of hydrogen-bond acceptors (Lipinski definition) is 10. The zero-order valence-corrected chi connectivity index (χ0v) is 15.7. The van der Waals surface area contributed by atoms with Crippen LogP contribution >= 0.6 is 0 Å². The Morgan fingerprint density at radius 3 is 3.03 bits per heavy atom. The molecule has 0 radical (unpaired) electrons. The number of hydrazone groups is 1. The van der Waals surface area contributed by atoms with Crippen molar-refractivity contribution in [3.63, 3.8) is 0 Å². The van der Waals surface area contributed by atoms with E-state index in [1.165, 1.54) is 6.20 Å². The normalized spacial score (nSPS) is 21.2. The van der Waals surface area contributed by atoms with Crippen LogP contribution in [0.4, 0.5) is 23.1 Å². The molecule has 2 aliphatic heterocycles. The van der Waals surface area contributed by atoms with E-state index in [0.717, 1.165) is 17.8 Å². The molecule has 1 aromatic carbocycles. The Morgan fingerprint density at radius 1 is 1.38 bits per heavy atom. The highest BCUT2D eigenvalue weighted by Crippen LogP contribution is 2.24. The van der Waals surface area contributed by atoms with Crippen LogP contribution in [-0.4, -0.2) is 53.9 Å². The van der Waals surface area contributed by atoms with E-state index in [1.54, 1.807) is 11.3 Å². The second-order valence-corrected chi connectivity index (χ2v) is 6.75. The molecule has 0 bridgehead atoms. The van der Waals surface area contributed by atoms with Gasteiger partial charge in [-0.1, -0.05) is 6.07 Å². The molecule has 7 N–H and O–H groups in total. The lowest BCUT2D eigenvalue weighted by Crippen LogP contribution is -2.47. The molecule has 152 valence electrons. The summed E-state index contributed by atoms with van der Waals surface area (Å²) in [5, 5.41) is 12.2. The molecule has 2 aromatic rings.